The number of ketones is 1. The van der Waals surface area contributed by atoms with Gasteiger partial charge in [-0.3, -0.25) is 4.79 Å². The fraction of sp³-hybridized carbons (Fsp3) is 0.875. The third-order valence-electron chi connectivity index (χ3n) is 1.74. The Bertz CT molecular complexity index is 144. The second-order valence-corrected chi connectivity index (χ2v) is 2.88. The molecule has 0 saturated heterocycles. The molecule has 0 heterocycles. The van der Waals surface area contributed by atoms with Gasteiger partial charge in [0, 0.05) is 12.8 Å². The van der Waals surface area contributed by atoms with Gasteiger partial charge in [0.05, 0.1) is 12.2 Å². The highest BCUT2D eigenvalue weighted by Crippen LogP contribution is 2.04. The van der Waals surface area contributed by atoms with E-state index in [9.17, 15) is 4.79 Å². The molecule has 0 rings (SSSR count). The third-order valence-corrected chi connectivity index (χ3v) is 1.74. The van der Waals surface area contributed by atoms with Crippen LogP contribution in [0.2, 0.25) is 0 Å². The zero-order valence-corrected chi connectivity index (χ0v) is 7.40. The minimum Gasteiger partial charge on any atom is -0.391 e. The highest BCUT2D eigenvalue weighted by atomic mass is 16.3. The predicted octanol–water partition coefficient (Wildman–Crippen LogP) is -0.542. The van der Waals surface area contributed by atoms with E-state index in [4.69, 9.17) is 15.3 Å². The lowest BCUT2D eigenvalue weighted by molar-refractivity contribution is -0.129. The molecule has 3 atom stereocenters. The van der Waals surface area contributed by atoms with Crippen molar-refractivity contribution < 1.29 is 20.1 Å². The molecule has 0 aromatic carbocycles. The SMILES string of the molecule is CCC(=O)C(O)CC(O)C(C)O. The van der Waals surface area contributed by atoms with Crippen LogP contribution in [-0.2, 0) is 4.79 Å². The average Bonchev–Trinajstić information content (AvgIpc) is 2.02. The van der Waals surface area contributed by atoms with Crippen molar-refractivity contribution in [2.45, 2.75) is 45.0 Å². The largest absolute Gasteiger partial charge is 0.391 e. The van der Waals surface area contributed by atoms with Crippen molar-refractivity contribution in [3.05, 3.63) is 0 Å². The maximum Gasteiger partial charge on any atom is 0.161 e. The summed E-state index contributed by atoms with van der Waals surface area (Å²) >= 11 is 0. The molecule has 0 bridgehead atoms. The van der Waals surface area contributed by atoms with Gasteiger partial charge in [0.25, 0.3) is 0 Å². The highest BCUT2D eigenvalue weighted by Gasteiger charge is 2.20. The maximum absolute atomic E-state index is 10.8. The Hall–Kier alpha value is -0.450. The van der Waals surface area contributed by atoms with Gasteiger partial charge >= 0.3 is 0 Å². The first-order valence-corrected chi connectivity index (χ1v) is 4.06. The molecule has 4 nitrogen and oxygen atoms in total. The number of aliphatic hydroxyl groups is 3. The summed E-state index contributed by atoms with van der Waals surface area (Å²) in [5.41, 5.74) is 0. The van der Waals surface area contributed by atoms with Crippen LogP contribution in [0, 0.1) is 0 Å². The van der Waals surface area contributed by atoms with Gasteiger partial charge in [-0.2, -0.15) is 0 Å². The van der Waals surface area contributed by atoms with Crippen LogP contribution in [0.15, 0.2) is 0 Å². The molecular formula is C8H16O4. The summed E-state index contributed by atoms with van der Waals surface area (Å²) in [5.74, 6) is -0.310. The van der Waals surface area contributed by atoms with Gasteiger partial charge in [-0.25, -0.2) is 0 Å². The number of carbonyl (C=O) groups excluding carboxylic acids is 1. The Morgan fingerprint density at radius 3 is 2.17 bits per heavy atom. The van der Waals surface area contributed by atoms with Crippen molar-refractivity contribution in [2.75, 3.05) is 0 Å². The van der Waals surface area contributed by atoms with E-state index in [1.54, 1.807) is 6.92 Å². The topological polar surface area (TPSA) is 77.8 Å². The van der Waals surface area contributed by atoms with E-state index >= 15 is 0 Å². The second-order valence-electron chi connectivity index (χ2n) is 2.88. The van der Waals surface area contributed by atoms with Crippen LogP contribution >= 0.6 is 0 Å². The fourth-order valence-electron chi connectivity index (χ4n) is 0.793. The Kier molecular flexibility index (Phi) is 5.04. The minimum absolute atomic E-state index is 0.0929. The van der Waals surface area contributed by atoms with Crippen LogP contribution in [0.1, 0.15) is 26.7 Å². The van der Waals surface area contributed by atoms with E-state index in [1.165, 1.54) is 6.92 Å². The molecule has 0 fully saturated rings. The molecule has 0 saturated carbocycles. The number of rotatable bonds is 5. The highest BCUT2D eigenvalue weighted by molar-refractivity contribution is 5.82. The first kappa shape index (κ1) is 11.6. The van der Waals surface area contributed by atoms with E-state index in [0.717, 1.165) is 0 Å². The van der Waals surface area contributed by atoms with Crippen LogP contribution in [0.25, 0.3) is 0 Å². The number of hydrogen-bond acceptors (Lipinski definition) is 4. The monoisotopic (exact) mass is 176 g/mol. The Morgan fingerprint density at radius 2 is 1.83 bits per heavy atom. The van der Waals surface area contributed by atoms with Crippen LogP contribution in [-0.4, -0.2) is 39.4 Å². The average molecular weight is 176 g/mol. The first-order valence-electron chi connectivity index (χ1n) is 4.06. The number of hydrogen-bond donors (Lipinski definition) is 3. The smallest absolute Gasteiger partial charge is 0.161 e. The summed E-state index contributed by atoms with van der Waals surface area (Å²) in [6.45, 7) is 3.05. The molecule has 0 aliphatic heterocycles. The van der Waals surface area contributed by atoms with E-state index in [2.05, 4.69) is 0 Å². The molecule has 72 valence electrons. The summed E-state index contributed by atoms with van der Waals surface area (Å²) in [6, 6.07) is 0. The zero-order chi connectivity index (χ0) is 9.72. The van der Waals surface area contributed by atoms with Crippen molar-refractivity contribution >= 4 is 5.78 Å². The van der Waals surface area contributed by atoms with Crippen LogP contribution in [0.5, 0.6) is 0 Å². The second kappa shape index (κ2) is 5.24. The summed E-state index contributed by atoms with van der Waals surface area (Å²) in [7, 11) is 0. The lowest BCUT2D eigenvalue weighted by Crippen LogP contribution is -2.31. The van der Waals surface area contributed by atoms with Gasteiger partial charge in [-0.05, 0) is 6.92 Å². The minimum atomic E-state index is -1.15. The Labute approximate surface area is 71.8 Å². The number of aliphatic hydroxyl groups excluding tert-OH is 3. The van der Waals surface area contributed by atoms with Gasteiger partial charge in [0.15, 0.2) is 5.78 Å². The normalized spacial score (nSPS) is 18.4. The summed E-state index contributed by atoms with van der Waals surface area (Å²) in [5, 5.41) is 27.0. The molecule has 0 aliphatic carbocycles. The van der Waals surface area contributed by atoms with Crippen molar-refractivity contribution in [2.24, 2.45) is 0 Å². The molecule has 0 aromatic rings. The standard InChI is InChI=1S/C8H16O4/c1-3-6(10)8(12)4-7(11)5(2)9/h5,7-9,11-12H,3-4H2,1-2H3. The summed E-state index contributed by atoms with van der Waals surface area (Å²) in [6.07, 6.45) is -2.95. The quantitative estimate of drug-likeness (QED) is 0.525. The zero-order valence-electron chi connectivity index (χ0n) is 7.40. The van der Waals surface area contributed by atoms with Crippen LogP contribution < -0.4 is 0 Å². The van der Waals surface area contributed by atoms with E-state index in [-0.39, 0.29) is 18.6 Å². The van der Waals surface area contributed by atoms with E-state index < -0.39 is 18.3 Å². The third kappa shape index (κ3) is 3.80. The number of Topliss-reactive ketones (excluding diaryl/α,β-unsaturated/α-hetero) is 1. The predicted molar refractivity (Wildman–Crippen MR) is 43.6 cm³/mol. The molecule has 3 unspecified atom stereocenters. The van der Waals surface area contributed by atoms with Crippen LogP contribution in [0.4, 0.5) is 0 Å². The molecular weight excluding hydrogens is 160 g/mol. The lowest BCUT2D eigenvalue weighted by Gasteiger charge is -2.16. The number of carbonyl (C=O) groups is 1. The molecule has 0 radical (unpaired) electrons. The van der Waals surface area contributed by atoms with Crippen molar-refractivity contribution in [1.29, 1.82) is 0 Å². The molecule has 3 N–H and O–H groups in total. The maximum atomic E-state index is 10.8. The van der Waals surface area contributed by atoms with Gasteiger partial charge in [-0.1, -0.05) is 6.92 Å². The molecule has 0 aromatic heterocycles. The van der Waals surface area contributed by atoms with Crippen LogP contribution in [0.3, 0.4) is 0 Å². The van der Waals surface area contributed by atoms with Gasteiger partial charge in [0.1, 0.15) is 6.10 Å². The van der Waals surface area contributed by atoms with Gasteiger partial charge in [0.2, 0.25) is 0 Å². The molecule has 0 aliphatic rings. The molecule has 0 spiro atoms. The lowest BCUT2D eigenvalue weighted by atomic mass is 10.0. The summed E-state index contributed by atoms with van der Waals surface area (Å²) < 4.78 is 0. The first-order chi connectivity index (χ1) is 5.49. The van der Waals surface area contributed by atoms with Crippen molar-refractivity contribution in [3.8, 4) is 0 Å². The molecule has 0 amide bonds. The van der Waals surface area contributed by atoms with Gasteiger partial charge in [-0.15, -0.1) is 0 Å². The molecule has 12 heavy (non-hydrogen) atoms. The summed E-state index contributed by atoms with van der Waals surface area (Å²) in [4.78, 5) is 10.8. The van der Waals surface area contributed by atoms with Gasteiger partial charge < -0.3 is 15.3 Å². The van der Waals surface area contributed by atoms with Crippen molar-refractivity contribution in [1.82, 2.24) is 0 Å². The Morgan fingerprint density at radius 1 is 1.33 bits per heavy atom. The molecule has 4 heteroatoms. The van der Waals surface area contributed by atoms with Crippen molar-refractivity contribution in [3.63, 3.8) is 0 Å². The fourth-order valence-corrected chi connectivity index (χ4v) is 0.793. The van der Waals surface area contributed by atoms with E-state index in [0.29, 0.717) is 0 Å². The Balaban J connectivity index is 3.83. The van der Waals surface area contributed by atoms with E-state index in [1.807, 2.05) is 0 Å².